The maximum atomic E-state index is 11.2. The van der Waals surface area contributed by atoms with Crippen molar-refractivity contribution < 1.29 is 9.53 Å². The zero-order chi connectivity index (χ0) is 10.7. The molecular formula is C10H10BrClO2. The van der Waals surface area contributed by atoms with Gasteiger partial charge in [0.1, 0.15) is 5.75 Å². The highest BCUT2D eigenvalue weighted by Gasteiger charge is 2.12. The second-order valence-corrected chi connectivity index (χ2v) is 3.90. The molecule has 14 heavy (non-hydrogen) atoms. The lowest BCUT2D eigenvalue weighted by Crippen LogP contribution is -1.97. The molecule has 1 rings (SSSR count). The Morgan fingerprint density at radius 1 is 1.57 bits per heavy atom. The topological polar surface area (TPSA) is 26.3 Å². The summed E-state index contributed by atoms with van der Waals surface area (Å²) in [6.45, 7) is 3.92. The summed E-state index contributed by atoms with van der Waals surface area (Å²) in [7, 11) is 0. The average Bonchev–Trinajstić information content (AvgIpc) is 2.13. The van der Waals surface area contributed by atoms with Crippen molar-refractivity contribution in [1.82, 2.24) is 0 Å². The predicted molar refractivity (Wildman–Crippen MR) is 60.3 cm³/mol. The van der Waals surface area contributed by atoms with Crippen LogP contribution in [0.15, 0.2) is 16.6 Å². The molecule has 0 heterocycles. The van der Waals surface area contributed by atoms with Gasteiger partial charge in [-0.25, -0.2) is 0 Å². The first-order chi connectivity index (χ1) is 6.57. The van der Waals surface area contributed by atoms with Crippen LogP contribution in [0.25, 0.3) is 0 Å². The van der Waals surface area contributed by atoms with Crippen molar-refractivity contribution in [3.63, 3.8) is 0 Å². The van der Waals surface area contributed by atoms with Gasteiger partial charge in [0.25, 0.3) is 0 Å². The zero-order valence-electron chi connectivity index (χ0n) is 7.93. The second kappa shape index (κ2) is 4.80. The summed E-state index contributed by atoms with van der Waals surface area (Å²) in [5.74, 6) is 0.563. The van der Waals surface area contributed by atoms with E-state index in [9.17, 15) is 4.79 Å². The van der Waals surface area contributed by atoms with Gasteiger partial charge < -0.3 is 4.74 Å². The minimum absolute atomic E-state index is 0.0261. The van der Waals surface area contributed by atoms with Gasteiger partial charge in [-0.05, 0) is 41.9 Å². The highest BCUT2D eigenvalue weighted by atomic mass is 79.9. The Kier molecular flexibility index (Phi) is 3.96. The molecule has 0 unspecified atom stereocenters. The lowest BCUT2D eigenvalue weighted by atomic mass is 10.1. The van der Waals surface area contributed by atoms with E-state index in [1.807, 2.05) is 6.92 Å². The van der Waals surface area contributed by atoms with E-state index in [4.69, 9.17) is 16.3 Å². The van der Waals surface area contributed by atoms with E-state index >= 15 is 0 Å². The van der Waals surface area contributed by atoms with E-state index < -0.39 is 0 Å². The summed E-state index contributed by atoms with van der Waals surface area (Å²) in [4.78, 5) is 11.2. The van der Waals surface area contributed by atoms with E-state index in [-0.39, 0.29) is 5.78 Å². The van der Waals surface area contributed by atoms with Crippen LogP contribution in [0.5, 0.6) is 5.75 Å². The molecule has 0 aliphatic rings. The van der Waals surface area contributed by atoms with Crippen LogP contribution < -0.4 is 4.74 Å². The van der Waals surface area contributed by atoms with Crippen LogP contribution in [0.3, 0.4) is 0 Å². The monoisotopic (exact) mass is 276 g/mol. The fraction of sp³-hybridized carbons (Fsp3) is 0.300. The summed E-state index contributed by atoms with van der Waals surface area (Å²) in [5.41, 5.74) is 0.568. The van der Waals surface area contributed by atoms with E-state index in [2.05, 4.69) is 15.9 Å². The minimum atomic E-state index is -0.0261. The van der Waals surface area contributed by atoms with Crippen LogP contribution in [-0.4, -0.2) is 12.4 Å². The summed E-state index contributed by atoms with van der Waals surface area (Å²) < 4.78 is 5.87. The van der Waals surface area contributed by atoms with Crippen LogP contribution in [0.2, 0.25) is 5.02 Å². The number of carbonyl (C=O) groups excluding carboxylic acids is 1. The van der Waals surface area contributed by atoms with E-state index in [0.29, 0.717) is 27.4 Å². The van der Waals surface area contributed by atoms with Crippen LogP contribution in [-0.2, 0) is 0 Å². The van der Waals surface area contributed by atoms with Crippen molar-refractivity contribution in [1.29, 1.82) is 0 Å². The second-order valence-electron chi connectivity index (χ2n) is 2.73. The van der Waals surface area contributed by atoms with Gasteiger partial charge in [0.05, 0.1) is 16.1 Å². The Bertz CT molecular complexity index is 363. The molecule has 0 spiro atoms. The van der Waals surface area contributed by atoms with Crippen LogP contribution in [0.1, 0.15) is 24.2 Å². The maximum absolute atomic E-state index is 11.2. The zero-order valence-corrected chi connectivity index (χ0v) is 10.3. The lowest BCUT2D eigenvalue weighted by molar-refractivity contribution is 0.101. The summed E-state index contributed by atoms with van der Waals surface area (Å²) >= 11 is 9.27. The van der Waals surface area contributed by atoms with Crippen LogP contribution in [0.4, 0.5) is 0 Å². The number of hydrogen-bond acceptors (Lipinski definition) is 2. The number of rotatable bonds is 3. The molecule has 0 aromatic heterocycles. The highest BCUT2D eigenvalue weighted by Crippen LogP contribution is 2.35. The molecule has 0 aliphatic carbocycles. The smallest absolute Gasteiger partial charge is 0.160 e. The van der Waals surface area contributed by atoms with E-state index in [0.717, 1.165) is 0 Å². The molecule has 0 bridgehead atoms. The Morgan fingerprint density at radius 3 is 2.71 bits per heavy atom. The van der Waals surface area contributed by atoms with Crippen molar-refractivity contribution in [3.8, 4) is 5.75 Å². The summed E-state index contributed by atoms with van der Waals surface area (Å²) in [6.07, 6.45) is 0. The lowest BCUT2D eigenvalue weighted by Gasteiger charge is -2.08. The number of Topliss-reactive ketones (excluding diaryl/α,β-unsaturated/α-hetero) is 1. The fourth-order valence-electron chi connectivity index (χ4n) is 1.07. The Hall–Kier alpha value is -0.540. The van der Waals surface area contributed by atoms with Crippen LogP contribution >= 0.6 is 27.5 Å². The molecule has 4 heteroatoms. The third-order valence-electron chi connectivity index (χ3n) is 1.73. The predicted octanol–water partition coefficient (Wildman–Crippen LogP) is 3.70. The van der Waals surface area contributed by atoms with Gasteiger partial charge in [0.15, 0.2) is 5.78 Å². The molecule has 0 saturated heterocycles. The van der Waals surface area contributed by atoms with Crippen molar-refractivity contribution in [2.45, 2.75) is 13.8 Å². The summed E-state index contributed by atoms with van der Waals surface area (Å²) in [6, 6.07) is 3.40. The van der Waals surface area contributed by atoms with Gasteiger partial charge in [-0.15, -0.1) is 0 Å². The summed E-state index contributed by atoms with van der Waals surface area (Å²) in [5, 5.41) is 0.444. The number of halogens is 2. The molecular weight excluding hydrogens is 267 g/mol. The van der Waals surface area contributed by atoms with Crippen LogP contribution in [0, 0.1) is 0 Å². The third kappa shape index (κ3) is 2.28. The van der Waals surface area contributed by atoms with Gasteiger partial charge in [-0.2, -0.15) is 0 Å². The molecule has 1 aromatic rings. The first kappa shape index (κ1) is 11.5. The first-order valence-electron chi connectivity index (χ1n) is 4.19. The standard InChI is InChI=1S/C10H10BrClO2/c1-3-14-8-5-4-7(6(2)13)9(11)10(8)12/h4-5H,3H2,1-2H3. The number of carbonyl (C=O) groups is 1. The minimum Gasteiger partial charge on any atom is -0.492 e. The average molecular weight is 278 g/mol. The molecule has 2 nitrogen and oxygen atoms in total. The van der Waals surface area contributed by atoms with E-state index in [1.165, 1.54) is 6.92 Å². The Balaban J connectivity index is 3.19. The number of ketones is 1. The Morgan fingerprint density at radius 2 is 2.21 bits per heavy atom. The molecule has 1 aromatic carbocycles. The molecule has 0 aliphatic heterocycles. The third-order valence-corrected chi connectivity index (χ3v) is 3.15. The fourth-order valence-corrected chi connectivity index (χ4v) is 1.90. The van der Waals surface area contributed by atoms with Gasteiger partial charge in [0, 0.05) is 5.56 Å². The number of ether oxygens (including phenoxy) is 1. The molecule has 0 fully saturated rings. The van der Waals surface area contributed by atoms with E-state index in [1.54, 1.807) is 12.1 Å². The molecule has 76 valence electrons. The molecule has 0 amide bonds. The van der Waals surface area contributed by atoms with Crippen molar-refractivity contribution >= 4 is 33.3 Å². The van der Waals surface area contributed by atoms with Crippen molar-refractivity contribution in [2.24, 2.45) is 0 Å². The normalized spacial score (nSPS) is 10.0. The molecule has 0 saturated carbocycles. The Labute approximate surface area is 96.3 Å². The first-order valence-corrected chi connectivity index (χ1v) is 5.36. The number of benzene rings is 1. The molecule has 0 N–H and O–H groups in total. The largest absolute Gasteiger partial charge is 0.492 e. The quantitative estimate of drug-likeness (QED) is 0.787. The van der Waals surface area contributed by atoms with Crippen molar-refractivity contribution in [2.75, 3.05) is 6.61 Å². The molecule has 0 atom stereocenters. The van der Waals surface area contributed by atoms with Gasteiger partial charge in [-0.3, -0.25) is 4.79 Å². The SMILES string of the molecule is CCOc1ccc(C(C)=O)c(Br)c1Cl. The van der Waals surface area contributed by atoms with Crippen molar-refractivity contribution in [3.05, 3.63) is 27.2 Å². The van der Waals surface area contributed by atoms with Gasteiger partial charge in [0.2, 0.25) is 0 Å². The van der Waals surface area contributed by atoms with Gasteiger partial charge in [-0.1, -0.05) is 11.6 Å². The number of hydrogen-bond donors (Lipinski definition) is 0. The maximum Gasteiger partial charge on any atom is 0.160 e. The highest BCUT2D eigenvalue weighted by molar-refractivity contribution is 9.10. The van der Waals surface area contributed by atoms with Gasteiger partial charge >= 0.3 is 0 Å². The molecule has 0 radical (unpaired) electrons.